The minimum Gasteiger partial charge on any atom is -0.494 e. The molecule has 0 saturated heterocycles. The van der Waals surface area contributed by atoms with Crippen LogP contribution in [0, 0.1) is 5.92 Å². The van der Waals surface area contributed by atoms with Gasteiger partial charge in [-0.2, -0.15) is 4.37 Å². The number of nitrogen functional groups attached to an aromatic ring is 1. The van der Waals surface area contributed by atoms with E-state index < -0.39 is 17.9 Å². The monoisotopic (exact) mass is 473 g/mol. The molecule has 1 heterocycles. The summed E-state index contributed by atoms with van der Waals surface area (Å²) in [4.78, 5) is 40.3. The molecule has 0 spiro atoms. The Hall–Kier alpha value is -3.14. The summed E-state index contributed by atoms with van der Waals surface area (Å²) < 4.78 is 9.47. The predicted octanol–water partition coefficient (Wildman–Crippen LogP) is 2.95. The van der Waals surface area contributed by atoms with Gasteiger partial charge >= 0.3 is 0 Å². The van der Waals surface area contributed by atoms with Gasteiger partial charge in [0.15, 0.2) is 5.69 Å². The molecule has 33 heavy (non-hydrogen) atoms. The minimum atomic E-state index is -0.810. The first-order valence-corrected chi connectivity index (χ1v) is 11.9. The highest BCUT2D eigenvalue weighted by Gasteiger charge is 2.37. The van der Waals surface area contributed by atoms with E-state index in [0.29, 0.717) is 18.0 Å². The number of hydrogen-bond donors (Lipinski definition) is 3. The van der Waals surface area contributed by atoms with Crippen LogP contribution in [0.15, 0.2) is 24.3 Å². The van der Waals surface area contributed by atoms with Gasteiger partial charge in [0.25, 0.3) is 11.8 Å². The van der Waals surface area contributed by atoms with Gasteiger partial charge in [0.1, 0.15) is 16.7 Å². The van der Waals surface area contributed by atoms with E-state index in [4.69, 9.17) is 16.2 Å². The summed E-state index contributed by atoms with van der Waals surface area (Å²) in [5.41, 5.74) is 11.7. The number of amides is 3. The van der Waals surface area contributed by atoms with Gasteiger partial charge in [0.2, 0.25) is 5.91 Å². The number of nitrogens with one attached hydrogen (secondary N) is 1. The van der Waals surface area contributed by atoms with Crippen LogP contribution >= 0.6 is 11.5 Å². The second kappa shape index (κ2) is 10.7. The van der Waals surface area contributed by atoms with Crippen LogP contribution in [0.5, 0.6) is 5.75 Å². The molecule has 0 aliphatic heterocycles. The highest BCUT2D eigenvalue weighted by atomic mass is 32.1. The molecule has 1 atom stereocenters. The van der Waals surface area contributed by atoms with Crippen molar-refractivity contribution < 1.29 is 19.1 Å². The van der Waals surface area contributed by atoms with Crippen molar-refractivity contribution >= 4 is 40.6 Å². The molecule has 1 saturated carbocycles. The fourth-order valence-corrected chi connectivity index (χ4v) is 4.83. The number of benzene rings is 1. The first-order valence-electron chi connectivity index (χ1n) is 11.2. The van der Waals surface area contributed by atoms with Gasteiger partial charge in [-0.1, -0.05) is 26.7 Å². The van der Waals surface area contributed by atoms with Crippen LogP contribution in [0.3, 0.4) is 0 Å². The summed E-state index contributed by atoms with van der Waals surface area (Å²) in [6.45, 7) is 6.17. The third-order valence-electron chi connectivity index (χ3n) is 5.68. The van der Waals surface area contributed by atoms with Crippen LogP contribution < -0.4 is 26.4 Å². The van der Waals surface area contributed by atoms with E-state index in [9.17, 15) is 14.4 Å². The van der Waals surface area contributed by atoms with E-state index in [1.165, 1.54) is 4.90 Å². The van der Waals surface area contributed by atoms with Crippen LogP contribution in [0.25, 0.3) is 0 Å². The zero-order valence-corrected chi connectivity index (χ0v) is 20.0. The topological polar surface area (TPSA) is 141 Å². The number of nitrogens with two attached hydrogens (primary N) is 2. The summed E-state index contributed by atoms with van der Waals surface area (Å²) in [5, 5.41) is 3.11. The minimum absolute atomic E-state index is 0.0667. The highest BCUT2D eigenvalue weighted by Crippen LogP contribution is 2.31. The number of primary amides is 1. The number of carbonyl (C=O) groups excluding carboxylic acids is 3. The molecular formula is C23H31N5O4S. The summed E-state index contributed by atoms with van der Waals surface area (Å²) in [7, 11) is 0. The highest BCUT2D eigenvalue weighted by molar-refractivity contribution is 7.09. The number of ether oxygens (including phenoxy) is 1. The third kappa shape index (κ3) is 5.44. The summed E-state index contributed by atoms with van der Waals surface area (Å²) >= 11 is 0.797. The van der Waals surface area contributed by atoms with Crippen molar-refractivity contribution in [1.82, 2.24) is 9.69 Å². The Morgan fingerprint density at radius 1 is 1.21 bits per heavy atom. The molecule has 3 rings (SSSR count). The van der Waals surface area contributed by atoms with Crippen molar-refractivity contribution in [3.05, 3.63) is 34.8 Å². The smallest absolute Gasteiger partial charge is 0.272 e. The Labute approximate surface area is 197 Å². The predicted molar refractivity (Wildman–Crippen MR) is 128 cm³/mol. The van der Waals surface area contributed by atoms with Crippen LogP contribution in [0.1, 0.15) is 66.6 Å². The van der Waals surface area contributed by atoms with Crippen LogP contribution in [-0.4, -0.2) is 40.8 Å². The molecule has 1 aliphatic carbocycles. The molecular weight excluding hydrogens is 442 g/mol. The van der Waals surface area contributed by atoms with E-state index in [1.807, 2.05) is 20.8 Å². The van der Waals surface area contributed by atoms with Crippen molar-refractivity contribution in [3.63, 3.8) is 0 Å². The second-order valence-corrected chi connectivity index (χ2v) is 9.19. The van der Waals surface area contributed by atoms with Crippen molar-refractivity contribution in [2.45, 2.75) is 58.5 Å². The zero-order valence-electron chi connectivity index (χ0n) is 19.2. The molecule has 9 nitrogen and oxygen atoms in total. The van der Waals surface area contributed by atoms with E-state index >= 15 is 0 Å². The van der Waals surface area contributed by atoms with Gasteiger partial charge in [-0.3, -0.25) is 19.3 Å². The molecule has 0 bridgehead atoms. The summed E-state index contributed by atoms with van der Waals surface area (Å²) in [6.07, 6.45) is 4.01. The number of nitrogens with zero attached hydrogens (tertiary/aromatic N) is 2. The second-order valence-electron chi connectivity index (χ2n) is 8.42. The average molecular weight is 474 g/mol. The van der Waals surface area contributed by atoms with Crippen LogP contribution in [0.2, 0.25) is 0 Å². The van der Waals surface area contributed by atoms with E-state index in [0.717, 1.165) is 37.2 Å². The number of rotatable bonds is 9. The van der Waals surface area contributed by atoms with Gasteiger partial charge in [0.05, 0.1) is 12.3 Å². The lowest BCUT2D eigenvalue weighted by molar-refractivity contribution is -0.123. The van der Waals surface area contributed by atoms with Gasteiger partial charge in [-0.05, 0) is 61.5 Å². The van der Waals surface area contributed by atoms with E-state index in [2.05, 4.69) is 9.69 Å². The van der Waals surface area contributed by atoms with Crippen LogP contribution in [0.4, 0.5) is 11.4 Å². The fraction of sp³-hybridized carbons (Fsp3) is 0.478. The fourth-order valence-electron chi connectivity index (χ4n) is 4.09. The quantitative estimate of drug-likeness (QED) is 0.511. The lowest BCUT2D eigenvalue weighted by atomic mass is 9.99. The summed E-state index contributed by atoms with van der Waals surface area (Å²) in [6, 6.07) is 6.26. The zero-order chi connectivity index (χ0) is 24.1. The Morgan fingerprint density at radius 2 is 1.85 bits per heavy atom. The van der Waals surface area contributed by atoms with Crippen molar-refractivity contribution in [2.24, 2.45) is 11.7 Å². The lowest BCUT2D eigenvalue weighted by Crippen LogP contribution is -2.54. The molecule has 1 fully saturated rings. The SMILES string of the molecule is CCOc1ccc(N(C(=O)c2snc(C(N)=O)c2N)[C@H](C(=O)NC2CCCC2)C(C)C)cc1. The molecule has 3 amide bonds. The first kappa shape index (κ1) is 24.5. The van der Waals surface area contributed by atoms with E-state index in [-0.39, 0.29) is 34.1 Å². The summed E-state index contributed by atoms with van der Waals surface area (Å²) in [5.74, 6) is -1.10. The molecule has 1 aliphatic rings. The molecule has 178 valence electrons. The molecule has 1 aromatic carbocycles. The van der Waals surface area contributed by atoms with Gasteiger partial charge in [0, 0.05) is 11.7 Å². The molecule has 0 radical (unpaired) electrons. The molecule has 0 unspecified atom stereocenters. The first-order chi connectivity index (χ1) is 15.7. The van der Waals surface area contributed by atoms with Crippen molar-refractivity contribution in [3.8, 4) is 5.75 Å². The molecule has 5 N–H and O–H groups in total. The molecule has 10 heteroatoms. The maximum Gasteiger partial charge on any atom is 0.272 e. The number of aromatic nitrogens is 1. The largest absolute Gasteiger partial charge is 0.494 e. The Morgan fingerprint density at radius 3 is 2.36 bits per heavy atom. The normalized spacial score (nSPS) is 14.8. The van der Waals surface area contributed by atoms with Gasteiger partial charge in [-0.15, -0.1) is 0 Å². The number of hydrogen-bond acceptors (Lipinski definition) is 7. The maximum atomic E-state index is 13.8. The van der Waals surface area contributed by atoms with Gasteiger partial charge < -0.3 is 21.5 Å². The maximum absolute atomic E-state index is 13.8. The standard InChI is InChI=1S/C23H31N5O4S/c1-4-32-16-11-9-15(10-12-16)28(23(31)20-17(24)18(21(25)29)27-33-20)19(13(2)3)22(30)26-14-7-5-6-8-14/h9-14,19H,4-8,24H2,1-3H3,(H2,25,29)(H,26,30)/t19-/m0/s1. The van der Waals surface area contributed by atoms with E-state index in [1.54, 1.807) is 24.3 Å². The van der Waals surface area contributed by atoms with Gasteiger partial charge in [-0.25, -0.2) is 0 Å². The molecule has 2 aromatic rings. The number of anilines is 2. The lowest BCUT2D eigenvalue weighted by Gasteiger charge is -2.34. The van der Waals surface area contributed by atoms with Crippen LogP contribution in [-0.2, 0) is 4.79 Å². The Bertz CT molecular complexity index is 999. The number of carbonyl (C=O) groups is 3. The van der Waals surface area contributed by atoms with Crippen molar-refractivity contribution in [2.75, 3.05) is 17.2 Å². The van der Waals surface area contributed by atoms with Crippen molar-refractivity contribution in [1.29, 1.82) is 0 Å². The Balaban J connectivity index is 2.03. The Kier molecular flexibility index (Phi) is 7.91. The average Bonchev–Trinajstić information content (AvgIpc) is 3.41. The molecule has 1 aromatic heterocycles. The third-order valence-corrected chi connectivity index (χ3v) is 6.53.